The first-order chi connectivity index (χ1) is 11.2. The van der Waals surface area contributed by atoms with Gasteiger partial charge in [0.2, 0.25) is 0 Å². The van der Waals surface area contributed by atoms with Crippen LogP contribution in [0.5, 0.6) is 0 Å². The molecule has 2 aromatic rings. The number of carbonyl (C=O) groups excluding carboxylic acids is 2. The highest BCUT2D eigenvalue weighted by atomic mass is 16.6. The van der Waals surface area contributed by atoms with Crippen LogP contribution in [0.25, 0.3) is 10.9 Å². The van der Waals surface area contributed by atoms with Gasteiger partial charge >= 0.3 is 12.1 Å². The van der Waals surface area contributed by atoms with Crippen molar-refractivity contribution in [2.45, 2.75) is 51.6 Å². The lowest BCUT2D eigenvalue weighted by Crippen LogP contribution is -2.27. The monoisotopic (exact) mass is 329 g/mol. The lowest BCUT2D eigenvalue weighted by molar-refractivity contribution is -0.143. The molecule has 0 spiro atoms. The number of carbonyl (C=O) groups is 2. The van der Waals surface area contributed by atoms with Crippen molar-refractivity contribution in [2.24, 2.45) is 0 Å². The van der Waals surface area contributed by atoms with Gasteiger partial charge in [-0.2, -0.15) is 0 Å². The number of benzene rings is 1. The molecule has 1 fully saturated rings. The fourth-order valence-electron chi connectivity index (χ4n) is 3.09. The van der Waals surface area contributed by atoms with Gasteiger partial charge in [-0.1, -0.05) is 11.6 Å². The lowest BCUT2D eigenvalue weighted by Gasteiger charge is -2.19. The van der Waals surface area contributed by atoms with E-state index in [9.17, 15) is 9.59 Å². The van der Waals surface area contributed by atoms with Gasteiger partial charge in [-0.3, -0.25) is 9.36 Å². The fourth-order valence-corrected chi connectivity index (χ4v) is 3.09. The van der Waals surface area contributed by atoms with E-state index < -0.39 is 17.1 Å². The van der Waals surface area contributed by atoms with Gasteiger partial charge in [0.05, 0.1) is 18.0 Å². The Hall–Kier alpha value is -2.30. The standard InChI is InChI=1S/C19H23NO4/c1-12-6-7-15-13(10-12)14(19(8-9-19)16(21)23-5)11-20(15)17(22)24-18(2,3)4/h6-7,10-11H,8-9H2,1-5H3. The van der Waals surface area contributed by atoms with Crippen molar-refractivity contribution in [1.29, 1.82) is 0 Å². The van der Waals surface area contributed by atoms with Crippen molar-refractivity contribution < 1.29 is 19.1 Å². The molecular formula is C19H23NO4. The highest BCUT2D eigenvalue weighted by molar-refractivity contribution is 5.98. The van der Waals surface area contributed by atoms with Crippen molar-refractivity contribution in [2.75, 3.05) is 7.11 Å². The van der Waals surface area contributed by atoms with E-state index in [0.29, 0.717) is 0 Å². The van der Waals surface area contributed by atoms with Crippen LogP contribution in [-0.2, 0) is 19.7 Å². The minimum atomic E-state index is -0.631. The molecule has 5 heteroatoms. The van der Waals surface area contributed by atoms with Crippen LogP contribution in [0, 0.1) is 6.92 Å². The second kappa shape index (κ2) is 5.36. The second-order valence-electron chi connectivity index (χ2n) is 7.49. The molecule has 0 saturated heterocycles. The first kappa shape index (κ1) is 16.6. The third kappa shape index (κ3) is 2.68. The van der Waals surface area contributed by atoms with Gasteiger partial charge in [0.25, 0.3) is 0 Å². The Kier molecular flexibility index (Phi) is 3.70. The zero-order valence-corrected chi connectivity index (χ0v) is 14.8. The molecule has 1 aromatic carbocycles. The minimum Gasteiger partial charge on any atom is -0.468 e. The van der Waals surface area contributed by atoms with Crippen molar-refractivity contribution in [3.8, 4) is 0 Å². The van der Waals surface area contributed by atoms with E-state index in [1.54, 1.807) is 6.20 Å². The predicted octanol–water partition coefficient (Wildman–Crippen LogP) is 3.94. The van der Waals surface area contributed by atoms with Crippen LogP contribution in [0.2, 0.25) is 0 Å². The Labute approximate surface area is 141 Å². The van der Waals surface area contributed by atoms with E-state index >= 15 is 0 Å². The molecule has 1 aliphatic carbocycles. The van der Waals surface area contributed by atoms with Crippen LogP contribution < -0.4 is 0 Å². The summed E-state index contributed by atoms with van der Waals surface area (Å²) in [5.74, 6) is -0.243. The summed E-state index contributed by atoms with van der Waals surface area (Å²) in [5.41, 5.74) is 1.46. The third-order valence-corrected chi connectivity index (χ3v) is 4.39. The van der Waals surface area contributed by atoms with Crippen LogP contribution >= 0.6 is 0 Å². The summed E-state index contributed by atoms with van der Waals surface area (Å²) in [7, 11) is 1.40. The zero-order chi connectivity index (χ0) is 17.7. The minimum absolute atomic E-state index is 0.243. The normalized spacial score (nSPS) is 16.0. The molecule has 1 aromatic heterocycles. The highest BCUT2D eigenvalue weighted by Crippen LogP contribution is 2.51. The van der Waals surface area contributed by atoms with Gasteiger partial charge in [-0.15, -0.1) is 0 Å². The van der Waals surface area contributed by atoms with E-state index in [1.165, 1.54) is 11.7 Å². The highest BCUT2D eigenvalue weighted by Gasteiger charge is 2.54. The maximum absolute atomic E-state index is 12.6. The van der Waals surface area contributed by atoms with Gasteiger partial charge < -0.3 is 9.47 Å². The van der Waals surface area contributed by atoms with Crippen LogP contribution in [0.3, 0.4) is 0 Å². The maximum atomic E-state index is 12.6. The molecule has 1 saturated carbocycles. The quantitative estimate of drug-likeness (QED) is 0.783. The molecule has 0 bridgehead atoms. The summed E-state index contributed by atoms with van der Waals surface area (Å²) < 4.78 is 12.0. The van der Waals surface area contributed by atoms with Crippen LogP contribution in [0.4, 0.5) is 4.79 Å². The molecule has 1 heterocycles. The maximum Gasteiger partial charge on any atom is 0.419 e. The predicted molar refractivity (Wildman–Crippen MR) is 91.2 cm³/mol. The lowest BCUT2D eigenvalue weighted by atomic mass is 9.95. The van der Waals surface area contributed by atoms with Crippen molar-refractivity contribution in [1.82, 2.24) is 4.57 Å². The Morgan fingerprint density at radius 2 is 1.88 bits per heavy atom. The zero-order valence-electron chi connectivity index (χ0n) is 14.8. The average molecular weight is 329 g/mol. The summed E-state index contributed by atoms with van der Waals surface area (Å²) in [6.45, 7) is 7.49. The number of fused-ring (bicyclic) bond motifs is 1. The van der Waals surface area contributed by atoms with E-state index in [0.717, 1.165) is 34.9 Å². The molecule has 0 radical (unpaired) electrons. The van der Waals surface area contributed by atoms with Gasteiger partial charge in [-0.05, 0) is 58.2 Å². The summed E-state index contributed by atoms with van der Waals surface area (Å²) in [4.78, 5) is 24.9. The van der Waals surface area contributed by atoms with E-state index in [4.69, 9.17) is 9.47 Å². The number of ether oxygens (including phenoxy) is 2. The molecule has 1 aliphatic rings. The van der Waals surface area contributed by atoms with E-state index in [1.807, 2.05) is 45.9 Å². The van der Waals surface area contributed by atoms with E-state index in [2.05, 4.69) is 0 Å². The van der Waals surface area contributed by atoms with Gasteiger partial charge in [0, 0.05) is 11.6 Å². The largest absolute Gasteiger partial charge is 0.468 e. The average Bonchev–Trinajstić information content (AvgIpc) is 3.20. The smallest absolute Gasteiger partial charge is 0.419 e. The molecule has 0 aliphatic heterocycles. The van der Waals surface area contributed by atoms with Crippen molar-refractivity contribution in [3.05, 3.63) is 35.5 Å². The fraction of sp³-hybridized carbons (Fsp3) is 0.474. The molecular weight excluding hydrogens is 306 g/mol. The third-order valence-electron chi connectivity index (χ3n) is 4.39. The molecule has 0 N–H and O–H groups in total. The van der Waals surface area contributed by atoms with Crippen molar-refractivity contribution >= 4 is 23.0 Å². The number of rotatable bonds is 2. The van der Waals surface area contributed by atoms with Crippen molar-refractivity contribution in [3.63, 3.8) is 0 Å². The number of nitrogens with zero attached hydrogens (tertiary/aromatic N) is 1. The first-order valence-corrected chi connectivity index (χ1v) is 8.12. The second-order valence-corrected chi connectivity index (χ2v) is 7.49. The Morgan fingerprint density at radius 3 is 2.42 bits per heavy atom. The molecule has 0 atom stereocenters. The molecule has 5 nitrogen and oxygen atoms in total. The number of hydrogen-bond donors (Lipinski definition) is 0. The summed E-state index contributed by atoms with van der Waals surface area (Å²) in [6.07, 6.45) is 2.77. The molecule has 0 amide bonds. The molecule has 3 rings (SSSR count). The molecule has 24 heavy (non-hydrogen) atoms. The number of aromatic nitrogens is 1. The molecule has 128 valence electrons. The van der Waals surface area contributed by atoms with Gasteiger partial charge in [-0.25, -0.2) is 4.79 Å². The number of methoxy groups -OCH3 is 1. The summed E-state index contributed by atoms with van der Waals surface area (Å²) in [6, 6.07) is 5.85. The first-order valence-electron chi connectivity index (χ1n) is 8.12. The SMILES string of the molecule is COC(=O)C1(c2cn(C(=O)OC(C)(C)C)c3ccc(C)cc23)CC1. The number of aryl methyl sites for hydroxylation is 1. The van der Waals surface area contributed by atoms with E-state index in [-0.39, 0.29) is 5.97 Å². The van der Waals surface area contributed by atoms with Crippen LogP contribution in [0.1, 0.15) is 44.7 Å². The topological polar surface area (TPSA) is 57.5 Å². The number of esters is 1. The Bertz CT molecular complexity index is 822. The van der Waals surface area contributed by atoms with Crippen LogP contribution in [-0.4, -0.2) is 29.3 Å². The summed E-state index contributed by atoms with van der Waals surface area (Å²) >= 11 is 0. The van der Waals surface area contributed by atoms with Gasteiger partial charge in [0.15, 0.2) is 0 Å². The van der Waals surface area contributed by atoms with Gasteiger partial charge in [0.1, 0.15) is 5.60 Å². The Balaban J connectivity index is 2.16. The molecule has 0 unspecified atom stereocenters. The Morgan fingerprint density at radius 1 is 1.21 bits per heavy atom. The van der Waals surface area contributed by atoms with Crippen LogP contribution in [0.15, 0.2) is 24.4 Å². The number of hydrogen-bond acceptors (Lipinski definition) is 4. The summed E-state index contributed by atoms with van der Waals surface area (Å²) in [5, 5.41) is 0.906.